The fourth-order valence-electron chi connectivity index (χ4n) is 3.61. The molecule has 2 heterocycles. The minimum absolute atomic E-state index is 0.528. The molecule has 1 aromatic heterocycles. The quantitative estimate of drug-likeness (QED) is 0.790. The van der Waals surface area contributed by atoms with Gasteiger partial charge in [-0.3, -0.25) is 0 Å². The van der Waals surface area contributed by atoms with Gasteiger partial charge in [-0.25, -0.2) is 18.1 Å². The Labute approximate surface area is 133 Å². The van der Waals surface area contributed by atoms with E-state index >= 15 is 0 Å². The summed E-state index contributed by atoms with van der Waals surface area (Å²) in [5, 5.41) is 0. The van der Waals surface area contributed by atoms with Crippen LogP contribution in [0.15, 0.2) is 6.33 Å². The molecule has 0 amide bonds. The van der Waals surface area contributed by atoms with Crippen LogP contribution in [0.25, 0.3) is 0 Å². The summed E-state index contributed by atoms with van der Waals surface area (Å²) in [4.78, 5) is 7.03. The molecule has 1 aromatic rings. The summed E-state index contributed by atoms with van der Waals surface area (Å²) in [6.45, 7) is 3.63. The number of aryl methyl sites for hydroxylation is 1. The minimum atomic E-state index is -3.06. The van der Waals surface area contributed by atoms with Crippen molar-refractivity contribution in [2.24, 2.45) is 0 Å². The van der Waals surface area contributed by atoms with Crippen molar-refractivity contribution in [1.82, 2.24) is 19.2 Å². The average molecular weight is 326 g/mol. The molecule has 0 saturated carbocycles. The number of nitrogens with one attached hydrogen (secondary N) is 1. The number of imidazole rings is 1. The second-order valence-corrected chi connectivity index (χ2v) is 8.35. The molecule has 0 radical (unpaired) electrons. The maximum absolute atomic E-state index is 11.0. The summed E-state index contributed by atoms with van der Waals surface area (Å²) in [6, 6.07) is 0.539. The van der Waals surface area contributed by atoms with E-state index < -0.39 is 10.0 Å². The zero-order valence-electron chi connectivity index (χ0n) is 13.3. The summed E-state index contributed by atoms with van der Waals surface area (Å²) in [5.74, 6) is 0. The van der Waals surface area contributed by atoms with Gasteiger partial charge in [-0.15, -0.1) is 0 Å². The van der Waals surface area contributed by atoms with Crippen LogP contribution in [-0.2, 0) is 22.9 Å². The van der Waals surface area contributed by atoms with Gasteiger partial charge in [-0.05, 0) is 45.1 Å². The third-order valence-electron chi connectivity index (χ3n) is 4.72. The Morgan fingerprint density at radius 2 is 2.18 bits per heavy atom. The van der Waals surface area contributed by atoms with Crippen LogP contribution in [0.3, 0.4) is 0 Å². The van der Waals surface area contributed by atoms with E-state index in [1.165, 1.54) is 43.3 Å². The minimum Gasteiger partial charge on any atom is -0.330 e. The van der Waals surface area contributed by atoms with E-state index in [4.69, 9.17) is 0 Å². The van der Waals surface area contributed by atoms with Crippen molar-refractivity contribution in [2.75, 3.05) is 32.4 Å². The Kier molecular flexibility index (Phi) is 4.84. The summed E-state index contributed by atoms with van der Waals surface area (Å²) in [7, 11) is -3.06. The third-order valence-corrected chi connectivity index (χ3v) is 5.44. The number of rotatable bonds is 6. The molecule has 0 spiro atoms. The number of sulfonamides is 1. The third kappa shape index (κ3) is 3.88. The highest BCUT2D eigenvalue weighted by molar-refractivity contribution is 7.88. The lowest BCUT2D eigenvalue weighted by molar-refractivity contribution is 0.318. The molecule has 0 bridgehead atoms. The van der Waals surface area contributed by atoms with E-state index in [9.17, 15) is 8.42 Å². The van der Waals surface area contributed by atoms with Crippen molar-refractivity contribution < 1.29 is 8.42 Å². The number of aromatic nitrogens is 2. The van der Waals surface area contributed by atoms with Crippen LogP contribution >= 0.6 is 0 Å². The van der Waals surface area contributed by atoms with E-state index in [0.717, 1.165) is 32.5 Å². The molecule has 0 aromatic carbocycles. The lowest BCUT2D eigenvalue weighted by atomic mass is 10.0. The van der Waals surface area contributed by atoms with Gasteiger partial charge in [0.15, 0.2) is 0 Å². The fourth-order valence-corrected chi connectivity index (χ4v) is 4.12. The zero-order valence-corrected chi connectivity index (χ0v) is 14.1. The first kappa shape index (κ1) is 16.0. The van der Waals surface area contributed by atoms with Crippen molar-refractivity contribution >= 4 is 10.0 Å². The molecule has 1 aliphatic carbocycles. The number of nitrogens with zero attached hydrogens (tertiary/aromatic N) is 3. The van der Waals surface area contributed by atoms with Crippen molar-refractivity contribution in [2.45, 2.75) is 44.6 Å². The van der Waals surface area contributed by atoms with Gasteiger partial charge in [0.25, 0.3) is 0 Å². The van der Waals surface area contributed by atoms with E-state index in [2.05, 4.69) is 19.2 Å². The van der Waals surface area contributed by atoms with Gasteiger partial charge in [-0.1, -0.05) is 0 Å². The molecule has 22 heavy (non-hydrogen) atoms. The van der Waals surface area contributed by atoms with Gasteiger partial charge in [0, 0.05) is 31.4 Å². The molecule has 2 aliphatic rings. The molecular formula is C15H26N4O2S. The van der Waals surface area contributed by atoms with Crippen LogP contribution in [0.5, 0.6) is 0 Å². The van der Waals surface area contributed by atoms with Crippen LogP contribution in [0.4, 0.5) is 0 Å². The van der Waals surface area contributed by atoms with E-state index in [1.807, 2.05) is 6.33 Å². The Hall–Kier alpha value is -0.920. The van der Waals surface area contributed by atoms with Gasteiger partial charge in [0.2, 0.25) is 10.0 Å². The number of hydrogen-bond donors (Lipinski definition) is 1. The van der Waals surface area contributed by atoms with Crippen molar-refractivity contribution in [3.63, 3.8) is 0 Å². The Morgan fingerprint density at radius 3 is 3.00 bits per heavy atom. The van der Waals surface area contributed by atoms with Crippen LogP contribution in [0.1, 0.15) is 43.1 Å². The molecule has 1 fully saturated rings. The molecule has 7 heteroatoms. The van der Waals surface area contributed by atoms with Crippen molar-refractivity contribution in [3.05, 3.63) is 17.7 Å². The Morgan fingerprint density at radius 1 is 1.36 bits per heavy atom. The molecule has 124 valence electrons. The number of likely N-dealkylation sites (tertiary alicyclic amines) is 1. The monoisotopic (exact) mass is 326 g/mol. The van der Waals surface area contributed by atoms with Gasteiger partial charge >= 0.3 is 0 Å². The lowest BCUT2D eigenvalue weighted by Crippen LogP contribution is -2.28. The Balaban J connectivity index is 1.49. The average Bonchev–Trinajstić information content (AvgIpc) is 3.09. The van der Waals surface area contributed by atoms with E-state index in [1.54, 1.807) is 0 Å². The smallest absolute Gasteiger partial charge is 0.208 e. The number of hydrogen-bond acceptors (Lipinski definition) is 4. The zero-order chi connectivity index (χ0) is 15.6. The van der Waals surface area contributed by atoms with Gasteiger partial charge in [-0.2, -0.15) is 0 Å². The molecule has 3 rings (SSSR count). The van der Waals surface area contributed by atoms with Crippen LogP contribution in [0, 0.1) is 0 Å². The van der Waals surface area contributed by atoms with Crippen molar-refractivity contribution in [1.29, 1.82) is 0 Å². The standard InChI is InChI=1S/C15H26N4O2S/c1-22(20,21)17-8-4-9-18-10-7-13(11-18)19-12-16-14-5-2-3-6-15(14)19/h12-13,17H,2-11H2,1H3. The summed E-state index contributed by atoms with van der Waals surface area (Å²) in [6.07, 6.45) is 10.1. The van der Waals surface area contributed by atoms with Crippen LogP contribution in [0.2, 0.25) is 0 Å². The van der Waals surface area contributed by atoms with E-state index in [0.29, 0.717) is 12.6 Å². The first-order chi connectivity index (χ1) is 10.5. The highest BCUT2D eigenvalue weighted by Crippen LogP contribution is 2.28. The molecule has 1 atom stereocenters. The van der Waals surface area contributed by atoms with Gasteiger partial charge in [0.1, 0.15) is 0 Å². The van der Waals surface area contributed by atoms with Crippen LogP contribution in [-0.4, -0.2) is 55.3 Å². The molecule has 1 unspecified atom stereocenters. The normalized spacial score (nSPS) is 22.9. The first-order valence-corrected chi connectivity index (χ1v) is 10.1. The molecule has 1 saturated heterocycles. The maximum Gasteiger partial charge on any atom is 0.208 e. The topological polar surface area (TPSA) is 67.2 Å². The molecule has 1 N–H and O–H groups in total. The highest BCUT2D eigenvalue weighted by Gasteiger charge is 2.26. The highest BCUT2D eigenvalue weighted by atomic mass is 32.2. The van der Waals surface area contributed by atoms with E-state index in [-0.39, 0.29) is 0 Å². The SMILES string of the molecule is CS(=O)(=O)NCCCN1CCC(n2cnc3c2CCCC3)C1. The first-order valence-electron chi connectivity index (χ1n) is 8.24. The van der Waals surface area contributed by atoms with Crippen molar-refractivity contribution in [3.8, 4) is 0 Å². The summed E-state index contributed by atoms with van der Waals surface area (Å²) in [5.41, 5.74) is 2.76. The fraction of sp³-hybridized carbons (Fsp3) is 0.800. The van der Waals surface area contributed by atoms with Crippen LogP contribution < -0.4 is 4.72 Å². The van der Waals surface area contributed by atoms with Gasteiger partial charge < -0.3 is 9.47 Å². The molecule has 6 nitrogen and oxygen atoms in total. The molecular weight excluding hydrogens is 300 g/mol. The summed E-state index contributed by atoms with van der Waals surface area (Å²) >= 11 is 0. The molecule has 1 aliphatic heterocycles. The second-order valence-electron chi connectivity index (χ2n) is 6.52. The second kappa shape index (κ2) is 6.68. The lowest BCUT2D eigenvalue weighted by Gasteiger charge is -2.20. The summed E-state index contributed by atoms with van der Waals surface area (Å²) < 4.78 is 27.0. The maximum atomic E-state index is 11.0. The predicted molar refractivity (Wildman–Crippen MR) is 86.4 cm³/mol. The number of fused-ring (bicyclic) bond motifs is 1. The largest absolute Gasteiger partial charge is 0.330 e. The predicted octanol–water partition coefficient (Wildman–Crippen LogP) is 0.948. The van der Waals surface area contributed by atoms with Gasteiger partial charge in [0.05, 0.1) is 18.3 Å². The Bertz CT molecular complexity index is 611.